The van der Waals surface area contributed by atoms with Crippen molar-refractivity contribution in [2.24, 2.45) is 0 Å². The zero-order valence-corrected chi connectivity index (χ0v) is 16.4. The largest absolute Gasteiger partial charge is 0.368 e. The van der Waals surface area contributed by atoms with Crippen molar-refractivity contribution in [3.63, 3.8) is 0 Å². The molecule has 6 nitrogen and oxygen atoms in total. The maximum atomic E-state index is 14.0. The number of benzene rings is 1. The van der Waals surface area contributed by atoms with E-state index in [0.717, 1.165) is 28.4 Å². The van der Waals surface area contributed by atoms with Gasteiger partial charge in [0.15, 0.2) is 0 Å². The normalized spacial score (nSPS) is 16.8. The van der Waals surface area contributed by atoms with Gasteiger partial charge in [-0.05, 0) is 31.2 Å². The van der Waals surface area contributed by atoms with Gasteiger partial charge >= 0.3 is 0 Å². The van der Waals surface area contributed by atoms with Gasteiger partial charge in [-0.2, -0.15) is 0 Å². The summed E-state index contributed by atoms with van der Waals surface area (Å²) in [6, 6.07) is 11.7. The first-order valence-corrected chi connectivity index (χ1v) is 9.66. The molecular weight excluding hydrogens is 373 g/mol. The van der Waals surface area contributed by atoms with E-state index in [-0.39, 0.29) is 17.6 Å². The van der Waals surface area contributed by atoms with Crippen molar-refractivity contribution in [2.45, 2.75) is 26.4 Å². The third-order valence-electron chi connectivity index (χ3n) is 5.07. The SMILES string of the molecule is CCc1onc(C)c1-c1cccc([C@@H]2CN(C(=O)c3ccccc3F)CCO2)n1. The number of pyridine rings is 1. The van der Waals surface area contributed by atoms with Crippen molar-refractivity contribution in [1.82, 2.24) is 15.0 Å². The first kappa shape index (κ1) is 19.3. The maximum absolute atomic E-state index is 14.0. The molecule has 29 heavy (non-hydrogen) atoms. The van der Waals surface area contributed by atoms with Crippen LogP contribution >= 0.6 is 0 Å². The highest BCUT2D eigenvalue weighted by Crippen LogP contribution is 2.29. The lowest BCUT2D eigenvalue weighted by atomic mass is 10.1. The molecule has 1 atom stereocenters. The van der Waals surface area contributed by atoms with Gasteiger partial charge in [-0.3, -0.25) is 4.79 Å². The molecule has 1 aliphatic rings. The summed E-state index contributed by atoms with van der Waals surface area (Å²) < 4.78 is 25.3. The van der Waals surface area contributed by atoms with Crippen LogP contribution < -0.4 is 0 Å². The topological polar surface area (TPSA) is 68.5 Å². The summed E-state index contributed by atoms with van der Waals surface area (Å²) in [5.74, 6) is -0.0699. The number of hydrogen-bond acceptors (Lipinski definition) is 5. The van der Waals surface area contributed by atoms with Crippen LogP contribution in [0.1, 0.15) is 40.5 Å². The summed E-state index contributed by atoms with van der Waals surface area (Å²) in [4.78, 5) is 19.1. The highest BCUT2D eigenvalue weighted by atomic mass is 19.1. The summed E-state index contributed by atoms with van der Waals surface area (Å²) in [5.41, 5.74) is 3.23. The van der Waals surface area contributed by atoms with Gasteiger partial charge in [-0.15, -0.1) is 0 Å². The average Bonchev–Trinajstić information content (AvgIpc) is 3.14. The number of amides is 1. The van der Waals surface area contributed by atoms with Crippen LogP contribution in [-0.4, -0.2) is 40.6 Å². The summed E-state index contributed by atoms with van der Waals surface area (Å²) in [7, 11) is 0. The quantitative estimate of drug-likeness (QED) is 0.669. The van der Waals surface area contributed by atoms with Crippen LogP contribution in [0.2, 0.25) is 0 Å². The van der Waals surface area contributed by atoms with Crippen molar-refractivity contribution in [2.75, 3.05) is 19.7 Å². The highest BCUT2D eigenvalue weighted by Gasteiger charge is 2.28. The minimum absolute atomic E-state index is 0.0718. The Morgan fingerprint density at radius 1 is 1.24 bits per heavy atom. The Morgan fingerprint density at radius 2 is 2.07 bits per heavy atom. The van der Waals surface area contributed by atoms with Crippen molar-refractivity contribution in [3.8, 4) is 11.3 Å². The molecule has 0 N–H and O–H groups in total. The molecule has 3 heterocycles. The van der Waals surface area contributed by atoms with Crippen LogP contribution in [0.4, 0.5) is 4.39 Å². The molecule has 0 aliphatic carbocycles. The van der Waals surface area contributed by atoms with Crippen molar-refractivity contribution < 1.29 is 18.4 Å². The van der Waals surface area contributed by atoms with Crippen LogP contribution in [0.25, 0.3) is 11.3 Å². The first-order valence-electron chi connectivity index (χ1n) is 9.66. The van der Waals surface area contributed by atoms with Crippen molar-refractivity contribution >= 4 is 5.91 Å². The molecule has 2 aromatic heterocycles. The second-order valence-corrected chi connectivity index (χ2v) is 6.96. The van der Waals surface area contributed by atoms with E-state index in [1.807, 2.05) is 32.0 Å². The van der Waals surface area contributed by atoms with E-state index in [9.17, 15) is 9.18 Å². The number of aryl methyl sites for hydroxylation is 2. The number of aromatic nitrogens is 2. The molecule has 1 fully saturated rings. The highest BCUT2D eigenvalue weighted by molar-refractivity contribution is 5.94. The molecule has 0 saturated carbocycles. The number of morpholine rings is 1. The number of rotatable bonds is 4. The molecule has 0 radical (unpaired) electrons. The lowest BCUT2D eigenvalue weighted by Crippen LogP contribution is -2.42. The van der Waals surface area contributed by atoms with Crippen LogP contribution in [-0.2, 0) is 11.2 Å². The fraction of sp³-hybridized carbons (Fsp3) is 0.318. The molecule has 0 unspecified atom stereocenters. The van der Waals surface area contributed by atoms with Crippen LogP contribution in [0.15, 0.2) is 47.0 Å². The molecule has 0 spiro atoms. The van der Waals surface area contributed by atoms with E-state index in [1.165, 1.54) is 12.1 Å². The lowest BCUT2D eigenvalue weighted by Gasteiger charge is -2.33. The summed E-state index contributed by atoms with van der Waals surface area (Å²) in [6.45, 7) is 4.98. The van der Waals surface area contributed by atoms with Gasteiger partial charge in [0.1, 0.15) is 17.7 Å². The molecule has 7 heteroatoms. The van der Waals surface area contributed by atoms with E-state index in [2.05, 4.69) is 5.16 Å². The number of ether oxygens (including phenoxy) is 1. The van der Waals surface area contributed by atoms with Crippen molar-refractivity contribution in [1.29, 1.82) is 0 Å². The Hall–Kier alpha value is -3.06. The second-order valence-electron chi connectivity index (χ2n) is 6.96. The molecule has 150 valence electrons. The maximum Gasteiger partial charge on any atom is 0.257 e. The summed E-state index contributed by atoms with van der Waals surface area (Å²) >= 11 is 0. The number of carbonyl (C=O) groups is 1. The van der Waals surface area contributed by atoms with Gasteiger partial charge in [0.05, 0.1) is 41.4 Å². The number of nitrogens with zero attached hydrogens (tertiary/aromatic N) is 3. The van der Waals surface area contributed by atoms with Gasteiger partial charge in [-0.25, -0.2) is 9.37 Å². The molecule has 1 aliphatic heterocycles. The smallest absolute Gasteiger partial charge is 0.257 e. The van der Waals surface area contributed by atoms with E-state index in [0.29, 0.717) is 26.1 Å². The number of halogens is 1. The van der Waals surface area contributed by atoms with Gasteiger partial charge in [0.25, 0.3) is 5.91 Å². The molecule has 0 bridgehead atoms. The Balaban J connectivity index is 1.58. The zero-order valence-electron chi connectivity index (χ0n) is 16.4. The van der Waals surface area contributed by atoms with Gasteiger partial charge in [0.2, 0.25) is 0 Å². The Labute approximate surface area is 168 Å². The van der Waals surface area contributed by atoms with Crippen LogP contribution in [0.5, 0.6) is 0 Å². The predicted molar refractivity (Wildman–Crippen MR) is 105 cm³/mol. The van der Waals surface area contributed by atoms with Gasteiger partial charge in [-0.1, -0.05) is 30.3 Å². The third-order valence-corrected chi connectivity index (χ3v) is 5.07. The predicted octanol–water partition coefficient (Wildman–Crippen LogP) is 3.96. The first-order chi connectivity index (χ1) is 14.1. The second kappa shape index (κ2) is 8.13. The van der Waals surface area contributed by atoms with Crippen LogP contribution in [0, 0.1) is 12.7 Å². The monoisotopic (exact) mass is 395 g/mol. The lowest BCUT2D eigenvalue weighted by molar-refractivity contribution is -0.0248. The summed E-state index contributed by atoms with van der Waals surface area (Å²) in [6.07, 6.45) is 0.331. The molecule has 1 saturated heterocycles. The van der Waals surface area contributed by atoms with Gasteiger partial charge in [0, 0.05) is 13.0 Å². The summed E-state index contributed by atoms with van der Waals surface area (Å²) in [5, 5.41) is 4.05. The van der Waals surface area contributed by atoms with Gasteiger partial charge < -0.3 is 14.2 Å². The minimum Gasteiger partial charge on any atom is -0.368 e. The standard InChI is InChI=1S/C22H22FN3O3/c1-3-19-21(14(2)25-29-19)18-10-6-9-17(24-18)20-13-26(11-12-28-20)22(27)15-7-4-5-8-16(15)23/h4-10,20H,3,11-13H2,1-2H3/t20-/m0/s1. The zero-order chi connectivity index (χ0) is 20.4. The van der Waals surface area contributed by atoms with E-state index >= 15 is 0 Å². The van der Waals surface area contributed by atoms with E-state index < -0.39 is 5.82 Å². The average molecular weight is 395 g/mol. The van der Waals surface area contributed by atoms with E-state index in [1.54, 1.807) is 17.0 Å². The molecule has 3 aromatic rings. The molecule has 4 rings (SSSR count). The number of carbonyl (C=O) groups excluding carboxylic acids is 1. The minimum atomic E-state index is -0.518. The third kappa shape index (κ3) is 3.78. The van der Waals surface area contributed by atoms with Crippen LogP contribution in [0.3, 0.4) is 0 Å². The Kier molecular flexibility index (Phi) is 5.40. The number of hydrogen-bond donors (Lipinski definition) is 0. The molecule has 1 amide bonds. The Morgan fingerprint density at radius 3 is 2.86 bits per heavy atom. The Bertz CT molecular complexity index is 1030. The molecular formula is C22H22FN3O3. The fourth-order valence-corrected chi connectivity index (χ4v) is 3.57. The molecule has 1 aromatic carbocycles. The fourth-order valence-electron chi connectivity index (χ4n) is 3.57. The van der Waals surface area contributed by atoms with E-state index in [4.69, 9.17) is 14.2 Å². The van der Waals surface area contributed by atoms with Crippen molar-refractivity contribution in [3.05, 3.63) is 71.0 Å².